The predicted octanol–water partition coefficient (Wildman–Crippen LogP) is 8.46. The second-order valence-corrected chi connectivity index (χ2v) is 9.68. The molecule has 0 amide bonds. The Hall–Kier alpha value is -2.79. The van der Waals surface area contributed by atoms with Crippen LogP contribution in [0.1, 0.15) is 150 Å². The highest BCUT2D eigenvalue weighted by atomic mass is 16.5. The van der Waals surface area contributed by atoms with E-state index in [1.54, 1.807) is 12.1 Å². The second-order valence-electron chi connectivity index (χ2n) is 9.68. The highest BCUT2D eigenvalue weighted by molar-refractivity contribution is 6.01. The number of hydrogen-bond acceptors (Lipinski definition) is 5. The third kappa shape index (κ3) is 17.6. The van der Waals surface area contributed by atoms with Gasteiger partial charge in [-0.05, 0) is 51.7 Å². The molecular weight excluding hydrogens is 474 g/mol. The predicted molar refractivity (Wildman–Crippen MR) is 155 cm³/mol. The molecule has 0 atom stereocenters. The maximum absolute atomic E-state index is 12.5. The van der Waals surface area contributed by atoms with E-state index in [4.69, 9.17) is 9.47 Å². The maximum atomic E-state index is 12.5. The van der Waals surface area contributed by atoms with Crippen molar-refractivity contribution in [1.82, 2.24) is 4.98 Å². The first-order chi connectivity index (χ1) is 18.7. The molecule has 0 saturated carbocycles. The first-order valence-electron chi connectivity index (χ1n) is 14.8. The van der Waals surface area contributed by atoms with Gasteiger partial charge in [0.15, 0.2) is 5.69 Å². The van der Waals surface area contributed by atoms with Crippen LogP contribution in [0.4, 0.5) is 0 Å². The number of hydrogen-bond donors (Lipinski definition) is 0. The summed E-state index contributed by atoms with van der Waals surface area (Å²) in [5, 5.41) is 0. The van der Waals surface area contributed by atoms with Crippen molar-refractivity contribution < 1.29 is 19.1 Å². The Bertz CT molecular complexity index is 814. The van der Waals surface area contributed by atoms with Crippen molar-refractivity contribution in [1.29, 1.82) is 0 Å². The zero-order valence-corrected chi connectivity index (χ0v) is 24.0. The fourth-order valence-electron chi connectivity index (χ4n) is 4.21. The molecule has 0 aromatic carbocycles. The first-order valence-corrected chi connectivity index (χ1v) is 14.8. The summed E-state index contributed by atoms with van der Waals surface area (Å²) in [6, 6.07) is 3.21. The third-order valence-corrected chi connectivity index (χ3v) is 6.43. The van der Waals surface area contributed by atoms with Crippen molar-refractivity contribution in [2.75, 3.05) is 13.2 Å². The summed E-state index contributed by atoms with van der Waals surface area (Å²) < 4.78 is 10.8. The first kappa shape index (κ1) is 33.2. The number of nitrogens with zero attached hydrogens (tertiary/aromatic N) is 1. The largest absolute Gasteiger partial charge is 0.462 e. The minimum absolute atomic E-state index is 0.0372. The smallest absolute Gasteiger partial charge is 0.357 e. The van der Waals surface area contributed by atoms with Crippen LogP contribution in [-0.4, -0.2) is 30.1 Å². The van der Waals surface area contributed by atoms with Crippen molar-refractivity contribution in [2.45, 2.75) is 129 Å². The molecule has 1 aromatic heterocycles. The zero-order chi connectivity index (χ0) is 27.5. The fourth-order valence-corrected chi connectivity index (χ4v) is 4.21. The van der Waals surface area contributed by atoms with Gasteiger partial charge in [-0.1, -0.05) is 77.0 Å². The van der Waals surface area contributed by atoms with Gasteiger partial charge in [-0.3, -0.25) is 0 Å². The van der Waals surface area contributed by atoms with Crippen molar-refractivity contribution >= 4 is 11.9 Å². The summed E-state index contributed by atoms with van der Waals surface area (Å²) in [5.41, 5.74) is 0.213. The van der Waals surface area contributed by atoms with Crippen molar-refractivity contribution in [3.8, 4) is 23.7 Å². The van der Waals surface area contributed by atoms with Crippen LogP contribution in [0.5, 0.6) is 0 Å². The molecule has 5 heteroatoms. The Morgan fingerprint density at radius 3 is 1.53 bits per heavy atom. The lowest BCUT2D eigenvalue weighted by molar-refractivity contribution is 0.0444. The molecule has 1 aromatic rings. The van der Waals surface area contributed by atoms with Crippen LogP contribution in [-0.2, 0) is 9.47 Å². The van der Waals surface area contributed by atoms with E-state index in [1.165, 1.54) is 70.4 Å². The molecule has 210 valence electrons. The van der Waals surface area contributed by atoms with Crippen molar-refractivity contribution in [3.63, 3.8) is 0 Å². The number of unbranched alkanes of at least 4 members (excludes halogenated alkanes) is 16. The van der Waals surface area contributed by atoms with Gasteiger partial charge in [0.25, 0.3) is 0 Å². The van der Waals surface area contributed by atoms with Gasteiger partial charge >= 0.3 is 11.9 Å². The molecule has 0 N–H and O–H groups in total. The number of carbonyl (C=O) groups is 2. The highest BCUT2D eigenvalue weighted by Crippen LogP contribution is 2.13. The lowest BCUT2D eigenvalue weighted by atomic mass is 10.1. The number of ether oxygens (including phenoxy) is 2. The Kier molecular flexibility index (Phi) is 21.5. The molecule has 0 aliphatic carbocycles. The van der Waals surface area contributed by atoms with E-state index in [1.807, 2.05) is 13.8 Å². The van der Waals surface area contributed by atoms with Crippen LogP contribution < -0.4 is 0 Å². The summed E-state index contributed by atoms with van der Waals surface area (Å²) in [6.07, 6.45) is 21.8. The summed E-state index contributed by atoms with van der Waals surface area (Å²) in [5.74, 6) is 11.0. The van der Waals surface area contributed by atoms with Gasteiger partial charge in [-0.2, -0.15) is 0 Å². The molecule has 5 nitrogen and oxygen atoms in total. The quantitative estimate of drug-likeness (QED) is 0.0866. The van der Waals surface area contributed by atoms with Gasteiger partial charge in [0.1, 0.15) is 0 Å². The molecule has 0 aliphatic rings. The standard InChI is InChI=1S/C33H49NO4/c1-3-5-7-9-11-13-15-17-19-21-23-28-37-32(35)30-26-25-27-34-31(30)33(36)38-29-24-22-20-18-16-14-12-10-8-6-4-2/h25-27H,7-24,28-29H2,1-2H3. The van der Waals surface area contributed by atoms with Crippen LogP contribution in [0.15, 0.2) is 18.3 Å². The average molecular weight is 524 g/mol. The Labute approximate surface area is 231 Å². The topological polar surface area (TPSA) is 65.5 Å². The van der Waals surface area contributed by atoms with E-state index in [-0.39, 0.29) is 11.3 Å². The molecular formula is C33H49NO4. The summed E-state index contributed by atoms with van der Waals surface area (Å²) in [7, 11) is 0. The Balaban J connectivity index is 2.14. The average Bonchev–Trinajstić information content (AvgIpc) is 2.94. The molecule has 1 heterocycles. The molecule has 38 heavy (non-hydrogen) atoms. The minimum Gasteiger partial charge on any atom is -0.462 e. The van der Waals surface area contributed by atoms with E-state index in [0.717, 1.165) is 51.4 Å². The molecule has 0 spiro atoms. The van der Waals surface area contributed by atoms with Crippen molar-refractivity contribution in [3.05, 3.63) is 29.6 Å². The van der Waals surface area contributed by atoms with E-state index >= 15 is 0 Å². The normalized spacial score (nSPS) is 10.2. The lowest BCUT2D eigenvalue weighted by Gasteiger charge is -2.09. The van der Waals surface area contributed by atoms with Crippen LogP contribution in [0.25, 0.3) is 0 Å². The number of aromatic nitrogens is 1. The molecule has 0 bridgehead atoms. The van der Waals surface area contributed by atoms with E-state index in [2.05, 4.69) is 28.7 Å². The SMILES string of the molecule is CC#CCCCCCCCCCCOC(=O)c1cccnc1C(=O)OCCCCCCCCCCC#CC. The van der Waals surface area contributed by atoms with E-state index < -0.39 is 11.9 Å². The van der Waals surface area contributed by atoms with Crippen LogP contribution >= 0.6 is 0 Å². The molecule has 0 unspecified atom stereocenters. The van der Waals surface area contributed by atoms with Gasteiger partial charge in [-0.25, -0.2) is 14.6 Å². The molecule has 0 radical (unpaired) electrons. The molecule has 0 saturated heterocycles. The van der Waals surface area contributed by atoms with Crippen LogP contribution in [0, 0.1) is 23.7 Å². The maximum Gasteiger partial charge on any atom is 0.357 e. The number of esters is 2. The molecule has 0 aliphatic heterocycles. The minimum atomic E-state index is -0.561. The lowest BCUT2D eigenvalue weighted by Crippen LogP contribution is -2.16. The summed E-state index contributed by atoms with van der Waals surface area (Å²) in [4.78, 5) is 29.2. The van der Waals surface area contributed by atoms with Crippen LogP contribution in [0.2, 0.25) is 0 Å². The van der Waals surface area contributed by atoms with E-state index in [0.29, 0.717) is 13.2 Å². The van der Waals surface area contributed by atoms with Gasteiger partial charge in [0.2, 0.25) is 0 Å². The van der Waals surface area contributed by atoms with Crippen molar-refractivity contribution in [2.24, 2.45) is 0 Å². The fraction of sp³-hybridized carbons (Fsp3) is 0.667. The van der Waals surface area contributed by atoms with Gasteiger partial charge in [-0.15, -0.1) is 23.7 Å². The summed E-state index contributed by atoms with van der Waals surface area (Å²) >= 11 is 0. The zero-order valence-electron chi connectivity index (χ0n) is 24.0. The highest BCUT2D eigenvalue weighted by Gasteiger charge is 2.20. The van der Waals surface area contributed by atoms with Gasteiger partial charge in [0, 0.05) is 19.0 Å². The summed E-state index contributed by atoms with van der Waals surface area (Å²) in [6.45, 7) is 4.47. The monoisotopic (exact) mass is 523 g/mol. The number of carbonyl (C=O) groups excluding carboxylic acids is 2. The number of rotatable bonds is 22. The number of pyridine rings is 1. The third-order valence-electron chi connectivity index (χ3n) is 6.43. The van der Waals surface area contributed by atoms with Gasteiger partial charge < -0.3 is 9.47 Å². The molecule has 1 rings (SSSR count). The van der Waals surface area contributed by atoms with Crippen LogP contribution in [0.3, 0.4) is 0 Å². The van der Waals surface area contributed by atoms with E-state index in [9.17, 15) is 9.59 Å². The molecule has 0 fully saturated rings. The van der Waals surface area contributed by atoms with Gasteiger partial charge in [0.05, 0.1) is 18.8 Å². The Morgan fingerprint density at radius 1 is 0.632 bits per heavy atom. The Morgan fingerprint density at radius 2 is 1.05 bits per heavy atom. The second kappa shape index (κ2) is 24.5.